The Balaban J connectivity index is 2.32. The van der Waals surface area contributed by atoms with Crippen LogP contribution in [0, 0.1) is 20.8 Å². The van der Waals surface area contributed by atoms with Crippen LogP contribution in [0.15, 0.2) is 30.3 Å². The van der Waals surface area contributed by atoms with Gasteiger partial charge >= 0.3 is 0 Å². The van der Waals surface area contributed by atoms with Crippen LogP contribution in [0.2, 0.25) is 5.02 Å². The first-order valence-corrected chi connectivity index (χ1v) is 6.70. The fraction of sp³-hybridized carbons (Fsp3) is 0.188. The number of nitrogens with two attached hydrogens (primary N) is 1. The number of hydrogen-bond donors (Lipinski definition) is 2. The molecule has 2 aromatic rings. The van der Waals surface area contributed by atoms with Gasteiger partial charge in [-0.3, -0.25) is 4.79 Å². The highest BCUT2D eigenvalue weighted by molar-refractivity contribution is 6.31. The van der Waals surface area contributed by atoms with Crippen molar-refractivity contribution in [1.29, 1.82) is 0 Å². The lowest BCUT2D eigenvalue weighted by Crippen LogP contribution is -2.15. The first kappa shape index (κ1) is 14.4. The quantitative estimate of drug-likeness (QED) is 0.818. The second-order valence-corrected chi connectivity index (χ2v) is 5.37. The molecule has 1 amide bonds. The summed E-state index contributed by atoms with van der Waals surface area (Å²) in [4.78, 5) is 12.3. The van der Waals surface area contributed by atoms with Crippen molar-refractivity contribution < 1.29 is 4.79 Å². The number of halogens is 1. The van der Waals surface area contributed by atoms with Gasteiger partial charge in [-0.05, 0) is 61.7 Å². The maximum atomic E-state index is 12.3. The normalized spacial score (nSPS) is 10.4. The van der Waals surface area contributed by atoms with Crippen LogP contribution in [0.1, 0.15) is 27.0 Å². The summed E-state index contributed by atoms with van der Waals surface area (Å²) < 4.78 is 0. The Hall–Kier alpha value is -2.00. The van der Waals surface area contributed by atoms with Crippen LogP contribution in [-0.2, 0) is 0 Å². The van der Waals surface area contributed by atoms with Crippen molar-refractivity contribution in [2.24, 2.45) is 0 Å². The first-order chi connectivity index (χ1) is 9.38. The average molecular weight is 289 g/mol. The van der Waals surface area contributed by atoms with Crippen LogP contribution in [0.4, 0.5) is 11.4 Å². The average Bonchev–Trinajstić information content (AvgIpc) is 2.38. The molecule has 4 heteroatoms. The molecule has 0 saturated heterocycles. The van der Waals surface area contributed by atoms with Crippen molar-refractivity contribution in [1.82, 2.24) is 0 Å². The Morgan fingerprint density at radius 1 is 1.05 bits per heavy atom. The SMILES string of the molecule is Cc1cc(N)c(NC(=O)c2cc(Cl)ccc2C)cc1C. The zero-order chi connectivity index (χ0) is 14.9. The zero-order valence-corrected chi connectivity index (χ0v) is 12.5. The molecular weight excluding hydrogens is 272 g/mol. The molecule has 0 saturated carbocycles. The van der Waals surface area contributed by atoms with Crippen LogP contribution in [0.3, 0.4) is 0 Å². The van der Waals surface area contributed by atoms with Gasteiger partial charge in [0.05, 0.1) is 11.4 Å². The Kier molecular flexibility index (Phi) is 4.00. The molecule has 0 aliphatic heterocycles. The summed E-state index contributed by atoms with van der Waals surface area (Å²) in [6, 6.07) is 8.97. The van der Waals surface area contributed by atoms with E-state index in [0.29, 0.717) is 22.0 Å². The lowest BCUT2D eigenvalue weighted by Gasteiger charge is -2.12. The monoisotopic (exact) mass is 288 g/mol. The van der Waals surface area contributed by atoms with E-state index < -0.39 is 0 Å². The largest absolute Gasteiger partial charge is 0.397 e. The molecule has 0 aromatic heterocycles. The van der Waals surface area contributed by atoms with E-state index in [0.717, 1.165) is 16.7 Å². The van der Waals surface area contributed by atoms with Crippen molar-refractivity contribution in [3.8, 4) is 0 Å². The molecule has 3 nitrogen and oxygen atoms in total. The molecule has 0 bridgehead atoms. The molecule has 0 aliphatic rings. The maximum absolute atomic E-state index is 12.3. The number of carbonyl (C=O) groups excluding carboxylic acids is 1. The molecule has 104 valence electrons. The summed E-state index contributed by atoms with van der Waals surface area (Å²) in [6.45, 7) is 5.84. The van der Waals surface area contributed by atoms with Gasteiger partial charge in [0.2, 0.25) is 0 Å². The maximum Gasteiger partial charge on any atom is 0.256 e. The van der Waals surface area contributed by atoms with Gasteiger partial charge in [0, 0.05) is 10.6 Å². The summed E-state index contributed by atoms with van der Waals surface area (Å²) in [5.74, 6) is -0.208. The van der Waals surface area contributed by atoms with E-state index >= 15 is 0 Å². The van der Waals surface area contributed by atoms with Crippen LogP contribution >= 0.6 is 11.6 Å². The van der Waals surface area contributed by atoms with Gasteiger partial charge in [-0.25, -0.2) is 0 Å². The highest BCUT2D eigenvalue weighted by Gasteiger charge is 2.12. The van der Waals surface area contributed by atoms with Gasteiger partial charge < -0.3 is 11.1 Å². The topological polar surface area (TPSA) is 55.1 Å². The number of benzene rings is 2. The van der Waals surface area contributed by atoms with E-state index in [1.807, 2.05) is 39.0 Å². The predicted octanol–water partition coefficient (Wildman–Crippen LogP) is 4.10. The summed E-state index contributed by atoms with van der Waals surface area (Å²) in [7, 11) is 0. The van der Waals surface area contributed by atoms with Crippen LogP contribution in [0.25, 0.3) is 0 Å². The van der Waals surface area contributed by atoms with E-state index in [1.165, 1.54) is 0 Å². The number of hydrogen-bond acceptors (Lipinski definition) is 2. The minimum atomic E-state index is -0.208. The lowest BCUT2D eigenvalue weighted by atomic mass is 10.1. The molecule has 2 aromatic carbocycles. The van der Waals surface area contributed by atoms with Crippen LogP contribution in [0.5, 0.6) is 0 Å². The minimum Gasteiger partial charge on any atom is -0.397 e. The molecule has 20 heavy (non-hydrogen) atoms. The van der Waals surface area contributed by atoms with Crippen molar-refractivity contribution in [2.45, 2.75) is 20.8 Å². The Morgan fingerprint density at radius 3 is 2.40 bits per heavy atom. The molecule has 0 fully saturated rings. The van der Waals surface area contributed by atoms with Gasteiger partial charge in [-0.1, -0.05) is 17.7 Å². The van der Waals surface area contributed by atoms with Crippen molar-refractivity contribution in [3.05, 3.63) is 57.6 Å². The van der Waals surface area contributed by atoms with Crippen LogP contribution in [-0.4, -0.2) is 5.91 Å². The Bertz CT molecular complexity index is 680. The summed E-state index contributed by atoms with van der Waals surface area (Å²) in [5.41, 5.74) is 10.7. The molecule has 0 heterocycles. The third kappa shape index (κ3) is 2.94. The Labute approximate surface area is 123 Å². The number of amides is 1. The summed E-state index contributed by atoms with van der Waals surface area (Å²) in [5, 5.41) is 3.38. The van der Waals surface area contributed by atoms with Crippen molar-refractivity contribution >= 4 is 28.9 Å². The molecule has 0 radical (unpaired) electrons. The van der Waals surface area contributed by atoms with Gasteiger partial charge in [0.15, 0.2) is 0 Å². The molecule has 0 atom stereocenters. The molecule has 3 N–H and O–H groups in total. The number of nitrogen functional groups attached to an aromatic ring is 1. The molecule has 2 rings (SSSR count). The second kappa shape index (κ2) is 5.55. The minimum absolute atomic E-state index is 0.208. The van der Waals surface area contributed by atoms with Gasteiger partial charge in [0.1, 0.15) is 0 Å². The number of carbonyl (C=O) groups is 1. The van der Waals surface area contributed by atoms with E-state index in [-0.39, 0.29) is 5.91 Å². The number of rotatable bonds is 2. The highest BCUT2D eigenvalue weighted by Crippen LogP contribution is 2.24. The molecule has 0 unspecified atom stereocenters. The van der Waals surface area contributed by atoms with Gasteiger partial charge in [-0.15, -0.1) is 0 Å². The fourth-order valence-electron chi connectivity index (χ4n) is 1.98. The van der Waals surface area contributed by atoms with E-state index in [4.69, 9.17) is 17.3 Å². The second-order valence-electron chi connectivity index (χ2n) is 4.94. The molecule has 0 aliphatic carbocycles. The van der Waals surface area contributed by atoms with Gasteiger partial charge in [-0.2, -0.15) is 0 Å². The van der Waals surface area contributed by atoms with E-state index in [9.17, 15) is 4.79 Å². The van der Waals surface area contributed by atoms with Crippen LogP contribution < -0.4 is 11.1 Å². The summed E-state index contributed by atoms with van der Waals surface area (Å²) in [6.07, 6.45) is 0. The van der Waals surface area contributed by atoms with Crippen molar-refractivity contribution in [2.75, 3.05) is 11.1 Å². The van der Waals surface area contributed by atoms with E-state index in [1.54, 1.807) is 12.1 Å². The fourth-order valence-corrected chi connectivity index (χ4v) is 2.15. The smallest absolute Gasteiger partial charge is 0.256 e. The number of aryl methyl sites for hydroxylation is 3. The number of nitrogens with one attached hydrogen (secondary N) is 1. The lowest BCUT2D eigenvalue weighted by molar-refractivity contribution is 0.102. The Morgan fingerprint density at radius 2 is 1.70 bits per heavy atom. The third-order valence-electron chi connectivity index (χ3n) is 3.36. The first-order valence-electron chi connectivity index (χ1n) is 6.32. The van der Waals surface area contributed by atoms with E-state index in [2.05, 4.69) is 5.32 Å². The third-order valence-corrected chi connectivity index (χ3v) is 3.59. The highest BCUT2D eigenvalue weighted by atomic mass is 35.5. The number of anilines is 2. The van der Waals surface area contributed by atoms with Crippen molar-refractivity contribution in [3.63, 3.8) is 0 Å². The standard InChI is InChI=1S/C16H17ClN2O/c1-9-4-5-12(17)8-13(9)16(20)19-15-7-11(3)10(2)6-14(15)18/h4-8H,18H2,1-3H3,(H,19,20). The molecule has 0 spiro atoms. The van der Waals surface area contributed by atoms with Gasteiger partial charge in [0.25, 0.3) is 5.91 Å². The molecular formula is C16H17ClN2O. The predicted molar refractivity (Wildman–Crippen MR) is 84.5 cm³/mol. The zero-order valence-electron chi connectivity index (χ0n) is 11.8. The summed E-state index contributed by atoms with van der Waals surface area (Å²) >= 11 is 5.94.